The van der Waals surface area contributed by atoms with Crippen LogP contribution in [-0.4, -0.2) is 57.6 Å². The molecule has 2 aliphatic rings. The van der Waals surface area contributed by atoms with Gasteiger partial charge in [-0.05, 0) is 74.4 Å². The van der Waals surface area contributed by atoms with Gasteiger partial charge in [0.15, 0.2) is 5.82 Å². The highest BCUT2D eigenvalue weighted by Crippen LogP contribution is 2.41. The summed E-state index contributed by atoms with van der Waals surface area (Å²) in [5, 5.41) is 0.955. The van der Waals surface area contributed by atoms with Crippen LogP contribution in [0.25, 0.3) is 44.6 Å². The van der Waals surface area contributed by atoms with E-state index in [0.29, 0.717) is 53.9 Å². The number of primary amides is 1. The van der Waals surface area contributed by atoms with Crippen molar-refractivity contribution in [2.45, 2.75) is 32.2 Å². The van der Waals surface area contributed by atoms with Crippen LogP contribution in [0.4, 0.5) is 4.39 Å². The van der Waals surface area contributed by atoms with E-state index in [1.165, 1.54) is 6.07 Å². The Bertz CT molecular complexity index is 1970. The number of amides is 2. The first-order valence-corrected chi connectivity index (χ1v) is 15.5. The first-order chi connectivity index (χ1) is 21.8. The number of rotatable bonds is 8. The van der Waals surface area contributed by atoms with Crippen LogP contribution in [0.3, 0.4) is 0 Å². The highest BCUT2D eigenvalue weighted by Gasteiger charge is 2.29. The number of hydrogen-bond acceptors (Lipinski definition) is 5. The van der Waals surface area contributed by atoms with Crippen molar-refractivity contribution in [3.63, 3.8) is 0 Å². The minimum absolute atomic E-state index is 0.0441. The molecular formula is C35H37FN6O3. The highest BCUT2D eigenvalue weighted by atomic mass is 19.1. The third kappa shape index (κ3) is 5.12. The van der Waals surface area contributed by atoms with Crippen LogP contribution in [-0.2, 0) is 13.6 Å². The normalized spacial score (nSPS) is 16.9. The Morgan fingerprint density at radius 3 is 2.53 bits per heavy atom. The van der Waals surface area contributed by atoms with Crippen molar-refractivity contribution in [1.82, 2.24) is 19.0 Å². The quantitative estimate of drug-likeness (QED) is 0.247. The number of halogens is 1. The van der Waals surface area contributed by atoms with E-state index >= 15 is 4.39 Å². The van der Waals surface area contributed by atoms with E-state index in [4.69, 9.17) is 21.2 Å². The number of hydrogen-bond donors (Lipinski definition) is 2. The molecule has 2 aromatic heterocycles. The smallest absolute Gasteiger partial charge is 0.254 e. The third-order valence-corrected chi connectivity index (χ3v) is 9.37. The number of benzene rings is 3. The highest BCUT2D eigenvalue weighted by molar-refractivity contribution is 6.02. The summed E-state index contributed by atoms with van der Waals surface area (Å²) in [6, 6.07) is 16.0. The number of para-hydroxylation sites is 1. The maximum Gasteiger partial charge on any atom is 0.254 e. The summed E-state index contributed by atoms with van der Waals surface area (Å²) < 4.78 is 25.5. The number of imidazole rings is 1. The van der Waals surface area contributed by atoms with Crippen LogP contribution in [0.2, 0.25) is 0 Å². The molecule has 0 radical (unpaired) electrons. The van der Waals surface area contributed by atoms with Crippen LogP contribution in [0, 0.1) is 17.7 Å². The summed E-state index contributed by atoms with van der Waals surface area (Å²) in [6.07, 6.45) is 4.24. The van der Waals surface area contributed by atoms with Crippen LogP contribution in [0.1, 0.15) is 46.4 Å². The van der Waals surface area contributed by atoms with Gasteiger partial charge < -0.3 is 30.2 Å². The number of nitrogens with zero attached hydrogens (tertiary/aromatic N) is 4. The minimum Gasteiger partial charge on any atom is -0.494 e. The van der Waals surface area contributed by atoms with E-state index in [9.17, 15) is 9.59 Å². The van der Waals surface area contributed by atoms with E-state index in [1.54, 1.807) is 25.3 Å². The molecule has 232 valence electrons. The first-order valence-electron chi connectivity index (χ1n) is 15.5. The molecule has 3 aromatic carbocycles. The van der Waals surface area contributed by atoms with E-state index in [1.807, 2.05) is 40.8 Å². The fourth-order valence-corrected chi connectivity index (χ4v) is 6.81. The van der Waals surface area contributed by atoms with Crippen molar-refractivity contribution in [2.75, 3.05) is 26.7 Å². The Balaban J connectivity index is 1.37. The van der Waals surface area contributed by atoms with Crippen molar-refractivity contribution < 1.29 is 18.7 Å². The fraction of sp³-hybridized carbons (Fsp3) is 0.343. The van der Waals surface area contributed by atoms with E-state index in [0.717, 1.165) is 65.7 Å². The van der Waals surface area contributed by atoms with Gasteiger partial charge in [0.25, 0.3) is 5.91 Å². The molecule has 1 saturated heterocycles. The zero-order valence-corrected chi connectivity index (χ0v) is 25.6. The molecule has 0 bridgehead atoms. The number of aryl methyl sites for hydroxylation is 1. The lowest BCUT2D eigenvalue weighted by Crippen LogP contribution is -2.42. The Morgan fingerprint density at radius 1 is 1.00 bits per heavy atom. The number of carbonyl (C=O) groups is 2. The molecule has 2 fully saturated rings. The Labute approximate surface area is 260 Å². The molecule has 3 heterocycles. The van der Waals surface area contributed by atoms with Crippen molar-refractivity contribution in [3.05, 3.63) is 71.5 Å². The van der Waals surface area contributed by atoms with Gasteiger partial charge in [0, 0.05) is 54.3 Å². The molecule has 5 aromatic rings. The van der Waals surface area contributed by atoms with Gasteiger partial charge in [-0.1, -0.05) is 24.3 Å². The summed E-state index contributed by atoms with van der Waals surface area (Å²) in [6.45, 7) is 2.69. The number of nitrogens with two attached hydrogens (primary N) is 2. The topological polar surface area (TPSA) is 121 Å². The number of ether oxygens (including phenoxy) is 1. The van der Waals surface area contributed by atoms with Crippen molar-refractivity contribution in [1.29, 1.82) is 0 Å². The number of fused-ring (bicyclic) bond motifs is 2. The van der Waals surface area contributed by atoms with E-state index in [2.05, 4.69) is 10.6 Å². The number of likely N-dealkylation sites (tertiary alicyclic amines) is 1. The average molecular weight is 609 g/mol. The minimum atomic E-state index is -0.670. The average Bonchev–Trinajstić information content (AvgIpc) is 3.72. The SMILES string of the molecule is COc1cc(C(=O)N2CCC[C@@H](CN)C2)cc2nc(-c3cc4cccc(-c5ccc(C(N)=O)cc5F)c4n3CC3CC3)n(C)c12. The van der Waals surface area contributed by atoms with Crippen LogP contribution in [0.5, 0.6) is 5.75 Å². The monoisotopic (exact) mass is 608 g/mol. The number of carbonyl (C=O) groups excluding carboxylic acids is 2. The number of piperidine rings is 1. The van der Waals surface area contributed by atoms with Crippen LogP contribution in [0.15, 0.2) is 54.6 Å². The number of aromatic nitrogens is 3. The van der Waals surface area contributed by atoms with E-state index < -0.39 is 11.7 Å². The van der Waals surface area contributed by atoms with Gasteiger partial charge in [0.05, 0.1) is 23.8 Å². The second kappa shape index (κ2) is 11.3. The standard InChI is InChI=1S/C35H37FN6O3/c1-40-32-28(14-24(16-30(32)45-2)35(44)41-12-4-5-21(17-37)18-41)39-34(40)29-15-22-6-3-7-26(31(22)42(29)19-20-8-9-20)25-11-10-23(33(38)43)13-27(25)36/h3,6-7,10-11,13-16,20-21H,4-5,8-9,12,17-19,37H2,1-2H3,(H2,38,43)/t21-/m0/s1. The molecule has 7 rings (SSSR count). The van der Waals surface area contributed by atoms with Gasteiger partial charge in [0.1, 0.15) is 17.1 Å². The fourth-order valence-electron chi connectivity index (χ4n) is 6.81. The van der Waals surface area contributed by atoms with Crippen molar-refractivity contribution >= 4 is 33.8 Å². The molecule has 0 unspecified atom stereocenters. The molecule has 0 spiro atoms. The summed E-state index contributed by atoms with van der Waals surface area (Å²) in [5.74, 6) is 0.907. The predicted molar refractivity (Wildman–Crippen MR) is 173 cm³/mol. The first kappa shape index (κ1) is 29.0. The molecule has 10 heteroatoms. The van der Waals surface area contributed by atoms with Crippen LogP contribution < -0.4 is 16.2 Å². The summed E-state index contributed by atoms with van der Waals surface area (Å²) >= 11 is 0. The lowest BCUT2D eigenvalue weighted by atomic mass is 9.97. The molecule has 1 atom stereocenters. The molecular weight excluding hydrogens is 571 g/mol. The largest absolute Gasteiger partial charge is 0.494 e. The van der Waals surface area contributed by atoms with Crippen molar-refractivity contribution in [2.24, 2.45) is 30.4 Å². The third-order valence-electron chi connectivity index (χ3n) is 9.37. The maximum atomic E-state index is 15.4. The van der Waals surface area contributed by atoms with Gasteiger partial charge in [-0.25, -0.2) is 9.37 Å². The number of methoxy groups -OCH3 is 1. The zero-order valence-electron chi connectivity index (χ0n) is 25.6. The lowest BCUT2D eigenvalue weighted by Gasteiger charge is -2.32. The lowest BCUT2D eigenvalue weighted by molar-refractivity contribution is 0.0678. The van der Waals surface area contributed by atoms with Crippen molar-refractivity contribution in [3.8, 4) is 28.4 Å². The molecule has 9 nitrogen and oxygen atoms in total. The molecule has 45 heavy (non-hydrogen) atoms. The predicted octanol–water partition coefficient (Wildman–Crippen LogP) is 5.33. The Kier molecular flexibility index (Phi) is 7.32. The second-order valence-electron chi connectivity index (χ2n) is 12.4. The van der Waals surface area contributed by atoms with Gasteiger partial charge in [-0.2, -0.15) is 0 Å². The second-order valence-corrected chi connectivity index (χ2v) is 12.4. The summed E-state index contributed by atoms with van der Waals surface area (Å²) in [7, 11) is 3.56. The summed E-state index contributed by atoms with van der Waals surface area (Å²) in [4.78, 5) is 32.3. The maximum absolute atomic E-state index is 15.4. The molecule has 1 saturated carbocycles. The van der Waals surface area contributed by atoms with Gasteiger partial charge in [0.2, 0.25) is 5.91 Å². The Morgan fingerprint density at radius 2 is 1.82 bits per heavy atom. The summed E-state index contributed by atoms with van der Waals surface area (Å²) in [5.41, 5.74) is 16.4. The van der Waals surface area contributed by atoms with Gasteiger partial charge in [-0.15, -0.1) is 0 Å². The van der Waals surface area contributed by atoms with Crippen LogP contribution >= 0.6 is 0 Å². The molecule has 4 N–H and O–H groups in total. The van der Waals surface area contributed by atoms with Gasteiger partial charge >= 0.3 is 0 Å². The molecule has 2 amide bonds. The molecule has 1 aliphatic carbocycles. The Hall–Kier alpha value is -4.70. The van der Waals surface area contributed by atoms with E-state index in [-0.39, 0.29) is 11.5 Å². The zero-order chi connectivity index (χ0) is 31.4. The van der Waals surface area contributed by atoms with Gasteiger partial charge in [-0.3, -0.25) is 9.59 Å². The molecule has 1 aliphatic heterocycles.